The van der Waals surface area contributed by atoms with Gasteiger partial charge in [-0.3, -0.25) is 0 Å². The fourth-order valence-corrected chi connectivity index (χ4v) is 1.19. The standard InChI is InChI=1S/C9H17N3O/c1-4-12-7-8(2)11-9(12)10-5-6-13-3/h7H,4-6H2,1-3H3,(H,10,11). The number of aryl methyl sites for hydroxylation is 2. The fourth-order valence-electron chi connectivity index (χ4n) is 1.19. The molecule has 0 atom stereocenters. The van der Waals surface area contributed by atoms with Gasteiger partial charge in [0.25, 0.3) is 0 Å². The Bertz CT molecular complexity index is 257. The molecule has 0 bridgehead atoms. The number of rotatable bonds is 5. The first-order valence-electron chi connectivity index (χ1n) is 4.54. The number of hydrogen-bond donors (Lipinski definition) is 1. The normalized spacial score (nSPS) is 10.4. The van der Waals surface area contributed by atoms with E-state index in [0.29, 0.717) is 6.61 Å². The first kappa shape index (κ1) is 10.1. The lowest BCUT2D eigenvalue weighted by Gasteiger charge is -2.06. The molecule has 0 aliphatic rings. The van der Waals surface area contributed by atoms with Crippen LogP contribution < -0.4 is 5.32 Å². The van der Waals surface area contributed by atoms with Crippen molar-refractivity contribution in [1.82, 2.24) is 9.55 Å². The van der Waals surface area contributed by atoms with E-state index in [0.717, 1.165) is 24.7 Å². The Morgan fingerprint density at radius 1 is 1.62 bits per heavy atom. The summed E-state index contributed by atoms with van der Waals surface area (Å²) in [5.41, 5.74) is 1.04. The Labute approximate surface area is 78.9 Å². The summed E-state index contributed by atoms with van der Waals surface area (Å²) >= 11 is 0. The van der Waals surface area contributed by atoms with Crippen molar-refractivity contribution in [1.29, 1.82) is 0 Å². The molecule has 0 saturated heterocycles. The SMILES string of the molecule is CCn1cc(C)nc1NCCOC. The second-order valence-electron chi connectivity index (χ2n) is 2.91. The average Bonchev–Trinajstić information content (AvgIpc) is 2.47. The van der Waals surface area contributed by atoms with Gasteiger partial charge >= 0.3 is 0 Å². The molecule has 0 aliphatic carbocycles. The summed E-state index contributed by atoms with van der Waals surface area (Å²) in [7, 11) is 1.69. The van der Waals surface area contributed by atoms with Crippen LogP contribution in [0, 0.1) is 6.92 Å². The van der Waals surface area contributed by atoms with Crippen molar-refractivity contribution in [2.45, 2.75) is 20.4 Å². The van der Waals surface area contributed by atoms with Crippen molar-refractivity contribution >= 4 is 5.95 Å². The van der Waals surface area contributed by atoms with Crippen LogP contribution in [-0.2, 0) is 11.3 Å². The molecule has 0 radical (unpaired) electrons. The second-order valence-corrected chi connectivity index (χ2v) is 2.91. The molecule has 0 saturated carbocycles. The summed E-state index contributed by atoms with van der Waals surface area (Å²) in [5, 5.41) is 3.21. The zero-order valence-corrected chi connectivity index (χ0v) is 8.50. The van der Waals surface area contributed by atoms with Gasteiger partial charge in [0.05, 0.1) is 12.3 Å². The molecule has 0 amide bonds. The molecule has 1 N–H and O–H groups in total. The summed E-state index contributed by atoms with van der Waals surface area (Å²) in [4.78, 5) is 4.35. The van der Waals surface area contributed by atoms with E-state index in [9.17, 15) is 0 Å². The topological polar surface area (TPSA) is 39.1 Å². The maximum atomic E-state index is 4.94. The van der Waals surface area contributed by atoms with E-state index < -0.39 is 0 Å². The summed E-state index contributed by atoms with van der Waals surface area (Å²) < 4.78 is 7.03. The monoisotopic (exact) mass is 183 g/mol. The van der Waals surface area contributed by atoms with E-state index in [1.165, 1.54) is 0 Å². The van der Waals surface area contributed by atoms with E-state index in [1.807, 2.05) is 13.1 Å². The van der Waals surface area contributed by atoms with Crippen LogP contribution in [0.25, 0.3) is 0 Å². The molecule has 1 aromatic heterocycles. The van der Waals surface area contributed by atoms with Gasteiger partial charge in [0, 0.05) is 26.4 Å². The van der Waals surface area contributed by atoms with Gasteiger partial charge in [0.15, 0.2) is 0 Å². The first-order chi connectivity index (χ1) is 6.27. The highest BCUT2D eigenvalue weighted by atomic mass is 16.5. The van der Waals surface area contributed by atoms with Gasteiger partial charge in [-0.1, -0.05) is 0 Å². The zero-order valence-electron chi connectivity index (χ0n) is 8.50. The van der Waals surface area contributed by atoms with E-state index in [4.69, 9.17) is 4.74 Å². The van der Waals surface area contributed by atoms with Crippen molar-refractivity contribution in [2.24, 2.45) is 0 Å². The minimum absolute atomic E-state index is 0.704. The molecule has 4 nitrogen and oxygen atoms in total. The predicted octanol–water partition coefficient (Wildman–Crippen LogP) is 1.27. The smallest absolute Gasteiger partial charge is 0.203 e. The quantitative estimate of drug-likeness (QED) is 0.699. The number of hydrogen-bond acceptors (Lipinski definition) is 3. The Kier molecular flexibility index (Phi) is 3.76. The molecule has 1 aromatic rings. The van der Waals surface area contributed by atoms with Crippen LogP contribution in [0.4, 0.5) is 5.95 Å². The van der Waals surface area contributed by atoms with Crippen LogP contribution >= 0.6 is 0 Å². The van der Waals surface area contributed by atoms with Gasteiger partial charge in [0.1, 0.15) is 0 Å². The predicted molar refractivity (Wildman–Crippen MR) is 53.0 cm³/mol. The second kappa shape index (κ2) is 4.87. The third-order valence-corrected chi connectivity index (χ3v) is 1.83. The first-order valence-corrected chi connectivity index (χ1v) is 4.54. The van der Waals surface area contributed by atoms with Crippen molar-refractivity contribution in [2.75, 3.05) is 25.6 Å². The minimum atomic E-state index is 0.704. The van der Waals surface area contributed by atoms with E-state index in [-0.39, 0.29) is 0 Å². The number of imidazole rings is 1. The van der Waals surface area contributed by atoms with Gasteiger partial charge in [-0.05, 0) is 13.8 Å². The molecule has 1 heterocycles. The van der Waals surface area contributed by atoms with Crippen molar-refractivity contribution < 1.29 is 4.74 Å². The van der Waals surface area contributed by atoms with Gasteiger partial charge in [0.2, 0.25) is 5.95 Å². The van der Waals surface area contributed by atoms with Crippen LogP contribution in [0.5, 0.6) is 0 Å². The summed E-state index contributed by atoms with van der Waals surface area (Å²) in [6.45, 7) is 6.54. The van der Waals surface area contributed by atoms with Crippen LogP contribution in [0.2, 0.25) is 0 Å². The molecule has 0 unspecified atom stereocenters. The number of nitrogens with zero attached hydrogens (tertiary/aromatic N) is 2. The van der Waals surface area contributed by atoms with Crippen LogP contribution in [0.3, 0.4) is 0 Å². The lowest BCUT2D eigenvalue weighted by atomic mass is 10.6. The average molecular weight is 183 g/mol. The molecule has 0 aliphatic heterocycles. The van der Waals surface area contributed by atoms with Crippen molar-refractivity contribution in [3.8, 4) is 0 Å². The lowest BCUT2D eigenvalue weighted by molar-refractivity contribution is 0.210. The van der Waals surface area contributed by atoms with E-state index >= 15 is 0 Å². The Morgan fingerprint density at radius 2 is 2.38 bits per heavy atom. The van der Waals surface area contributed by atoms with E-state index in [1.54, 1.807) is 7.11 Å². The zero-order chi connectivity index (χ0) is 9.68. The Balaban J connectivity index is 2.53. The van der Waals surface area contributed by atoms with Crippen LogP contribution in [0.15, 0.2) is 6.20 Å². The molecular formula is C9H17N3O. The molecule has 4 heteroatoms. The number of methoxy groups -OCH3 is 1. The van der Waals surface area contributed by atoms with Gasteiger partial charge < -0.3 is 14.6 Å². The lowest BCUT2D eigenvalue weighted by Crippen LogP contribution is -2.11. The molecule has 0 spiro atoms. The van der Waals surface area contributed by atoms with E-state index in [2.05, 4.69) is 21.8 Å². The Morgan fingerprint density at radius 3 is 3.00 bits per heavy atom. The number of ether oxygens (including phenoxy) is 1. The highest BCUT2D eigenvalue weighted by Gasteiger charge is 2.01. The van der Waals surface area contributed by atoms with Crippen LogP contribution in [-0.4, -0.2) is 29.8 Å². The van der Waals surface area contributed by atoms with Crippen molar-refractivity contribution in [3.63, 3.8) is 0 Å². The summed E-state index contributed by atoms with van der Waals surface area (Å²) in [6.07, 6.45) is 2.04. The molecular weight excluding hydrogens is 166 g/mol. The summed E-state index contributed by atoms with van der Waals surface area (Å²) in [6, 6.07) is 0. The summed E-state index contributed by atoms with van der Waals surface area (Å²) in [5.74, 6) is 0.928. The number of nitrogens with one attached hydrogen (secondary N) is 1. The molecule has 0 aromatic carbocycles. The molecule has 0 fully saturated rings. The highest BCUT2D eigenvalue weighted by Crippen LogP contribution is 2.07. The maximum Gasteiger partial charge on any atom is 0.203 e. The minimum Gasteiger partial charge on any atom is -0.383 e. The highest BCUT2D eigenvalue weighted by molar-refractivity contribution is 5.28. The molecule has 74 valence electrons. The maximum absolute atomic E-state index is 4.94. The molecule has 13 heavy (non-hydrogen) atoms. The van der Waals surface area contributed by atoms with Crippen molar-refractivity contribution in [3.05, 3.63) is 11.9 Å². The fraction of sp³-hybridized carbons (Fsp3) is 0.667. The van der Waals surface area contributed by atoms with Gasteiger partial charge in [-0.15, -0.1) is 0 Å². The number of aromatic nitrogens is 2. The van der Waals surface area contributed by atoms with Gasteiger partial charge in [-0.2, -0.15) is 0 Å². The third-order valence-electron chi connectivity index (χ3n) is 1.83. The molecule has 1 rings (SSSR count). The van der Waals surface area contributed by atoms with Gasteiger partial charge in [-0.25, -0.2) is 4.98 Å². The number of anilines is 1. The third kappa shape index (κ3) is 2.73. The Hall–Kier alpha value is -1.03. The van der Waals surface area contributed by atoms with Crippen LogP contribution in [0.1, 0.15) is 12.6 Å². The largest absolute Gasteiger partial charge is 0.383 e.